The molecule has 16 heteroatoms. The van der Waals surface area contributed by atoms with Crippen molar-refractivity contribution in [3.8, 4) is 10.6 Å². The molecule has 3 aromatic rings. The third-order valence-corrected chi connectivity index (χ3v) is 12.6. The molecule has 1 spiro atoms. The minimum atomic E-state index is -4.83. The van der Waals surface area contributed by atoms with E-state index >= 15 is 0 Å². The predicted octanol–water partition coefficient (Wildman–Crippen LogP) is 4.84. The molecule has 11 nitrogen and oxygen atoms in total. The summed E-state index contributed by atoms with van der Waals surface area (Å²) in [5.41, 5.74) is 0.111. The van der Waals surface area contributed by atoms with E-state index < -0.39 is 44.8 Å². The molecule has 2 saturated heterocycles. The van der Waals surface area contributed by atoms with Crippen LogP contribution in [0.25, 0.3) is 10.6 Å². The van der Waals surface area contributed by atoms with Crippen molar-refractivity contribution in [2.75, 3.05) is 29.1 Å². The van der Waals surface area contributed by atoms with Crippen LogP contribution in [0.1, 0.15) is 58.8 Å². The van der Waals surface area contributed by atoms with Gasteiger partial charge in [0.25, 0.3) is 5.91 Å². The molecule has 2 saturated carbocycles. The summed E-state index contributed by atoms with van der Waals surface area (Å²) < 4.78 is 68.8. The zero-order valence-electron chi connectivity index (χ0n) is 23.6. The van der Waals surface area contributed by atoms with Gasteiger partial charge in [0.15, 0.2) is 9.84 Å². The van der Waals surface area contributed by atoms with Gasteiger partial charge in [-0.1, -0.05) is 0 Å². The number of carbonyl (C=O) groups excluding carboxylic acids is 1. The van der Waals surface area contributed by atoms with Gasteiger partial charge in [0, 0.05) is 36.7 Å². The Morgan fingerprint density at radius 2 is 1.93 bits per heavy atom. The maximum Gasteiger partial charge on any atom is 0.420 e. The summed E-state index contributed by atoms with van der Waals surface area (Å²) in [6.07, 6.45) is -1.33. The van der Waals surface area contributed by atoms with Gasteiger partial charge in [-0.25, -0.2) is 23.2 Å². The number of carbonyl (C=O) groups is 2. The predicted molar refractivity (Wildman–Crippen MR) is 158 cm³/mol. The van der Waals surface area contributed by atoms with Gasteiger partial charge < -0.3 is 25.5 Å². The van der Waals surface area contributed by atoms with Gasteiger partial charge >= 0.3 is 12.3 Å². The molecule has 2 aromatic heterocycles. The van der Waals surface area contributed by atoms with E-state index in [1.165, 1.54) is 4.90 Å². The standard InChI is InChI=1S/C29H27F3N6O5S2/c30-29(31,32)19-10-33-26(35-23(19)21-9-22-24(44-21)25(39)36-28(5-6-28)13-45(22,42)43)34-20-4-3-15(8-18(20)14-1-2-14)37-11-17-7-16(37)12-38(17)27(40)41/h3-4,8-10,14,16-17H,1-2,5-7,11-13H2,(H,36,39)(H,40,41)(H,33,34,35)/t16-,17-/m1/s1. The van der Waals surface area contributed by atoms with Crippen molar-refractivity contribution in [2.24, 2.45) is 0 Å². The number of halogens is 3. The number of anilines is 3. The lowest BCUT2D eigenvalue weighted by molar-refractivity contribution is -0.137. The first-order valence-electron chi connectivity index (χ1n) is 14.6. The van der Waals surface area contributed by atoms with E-state index in [0.717, 1.165) is 36.6 Å². The molecule has 2 amide bonds. The van der Waals surface area contributed by atoms with E-state index in [2.05, 4.69) is 25.5 Å². The number of piperazine rings is 1. The minimum Gasteiger partial charge on any atom is -0.465 e. The first-order chi connectivity index (χ1) is 21.3. The highest BCUT2D eigenvalue weighted by molar-refractivity contribution is 7.91. The van der Waals surface area contributed by atoms with Crippen LogP contribution in [-0.4, -0.2) is 76.9 Å². The second-order valence-corrected chi connectivity index (χ2v) is 15.6. The Morgan fingerprint density at radius 3 is 2.58 bits per heavy atom. The molecule has 45 heavy (non-hydrogen) atoms. The van der Waals surface area contributed by atoms with Crippen LogP contribution in [0.2, 0.25) is 0 Å². The highest BCUT2D eigenvalue weighted by Gasteiger charge is 2.51. The Balaban J connectivity index is 1.13. The van der Waals surface area contributed by atoms with Crippen molar-refractivity contribution < 1.29 is 36.3 Å². The number of likely N-dealkylation sites (tertiary alicyclic amines) is 1. The maximum absolute atomic E-state index is 14.1. The summed E-state index contributed by atoms with van der Waals surface area (Å²) in [6.45, 7) is 1.04. The Kier molecular flexibility index (Phi) is 6.06. The number of rotatable bonds is 5. The molecule has 3 aliphatic heterocycles. The molecule has 2 aliphatic carbocycles. The van der Waals surface area contributed by atoms with Gasteiger partial charge in [-0.3, -0.25) is 4.79 Å². The molecule has 236 valence electrons. The van der Waals surface area contributed by atoms with Crippen LogP contribution >= 0.6 is 11.3 Å². The molecule has 0 radical (unpaired) electrons. The zero-order chi connectivity index (χ0) is 31.5. The molecule has 0 unspecified atom stereocenters. The lowest BCUT2D eigenvalue weighted by atomic mass is 10.1. The van der Waals surface area contributed by atoms with Crippen LogP contribution < -0.4 is 15.5 Å². The molecule has 2 atom stereocenters. The molecule has 8 rings (SSSR count). The monoisotopic (exact) mass is 660 g/mol. The number of aromatic nitrogens is 2. The number of fused-ring (bicyclic) bond motifs is 3. The fourth-order valence-corrected chi connectivity index (χ4v) is 10.3. The van der Waals surface area contributed by atoms with Crippen molar-refractivity contribution in [1.82, 2.24) is 20.2 Å². The second kappa shape index (κ2) is 9.55. The number of benzene rings is 1. The largest absolute Gasteiger partial charge is 0.465 e. The summed E-state index contributed by atoms with van der Waals surface area (Å²) in [7, 11) is -3.93. The first-order valence-corrected chi connectivity index (χ1v) is 17.1. The van der Waals surface area contributed by atoms with Gasteiger partial charge in [0.2, 0.25) is 5.95 Å². The summed E-state index contributed by atoms with van der Waals surface area (Å²) in [4.78, 5) is 35.8. The summed E-state index contributed by atoms with van der Waals surface area (Å²) >= 11 is 0.673. The average Bonchev–Trinajstić information content (AvgIpc) is 3.81. The molecule has 4 fully saturated rings. The van der Waals surface area contributed by atoms with Crippen LogP contribution in [0.15, 0.2) is 35.4 Å². The van der Waals surface area contributed by atoms with E-state index in [-0.39, 0.29) is 44.4 Å². The van der Waals surface area contributed by atoms with E-state index in [9.17, 15) is 36.3 Å². The maximum atomic E-state index is 14.1. The van der Waals surface area contributed by atoms with Gasteiger partial charge in [-0.2, -0.15) is 13.2 Å². The topological polar surface area (TPSA) is 145 Å². The van der Waals surface area contributed by atoms with Crippen molar-refractivity contribution >= 4 is 50.5 Å². The van der Waals surface area contributed by atoms with Crippen LogP contribution in [-0.2, 0) is 16.0 Å². The van der Waals surface area contributed by atoms with E-state index in [4.69, 9.17) is 0 Å². The number of thiophene rings is 1. The number of carboxylic acid groups (broad SMARTS) is 1. The third kappa shape index (κ3) is 4.88. The summed E-state index contributed by atoms with van der Waals surface area (Å²) in [5.74, 6) is -0.758. The Morgan fingerprint density at radius 1 is 1.16 bits per heavy atom. The number of amides is 2. The van der Waals surface area contributed by atoms with E-state index in [1.54, 1.807) is 0 Å². The summed E-state index contributed by atoms with van der Waals surface area (Å²) in [6, 6.07) is 6.93. The van der Waals surface area contributed by atoms with Crippen molar-refractivity contribution in [2.45, 2.75) is 66.7 Å². The van der Waals surface area contributed by atoms with Crippen molar-refractivity contribution in [1.29, 1.82) is 0 Å². The van der Waals surface area contributed by atoms with Crippen LogP contribution in [0.4, 0.5) is 35.3 Å². The number of sulfone groups is 1. The number of hydrogen-bond acceptors (Lipinski definition) is 9. The molecular weight excluding hydrogens is 633 g/mol. The lowest BCUT2D eigenvalue weighted by Gasteiger charge is -2.34. The van der Waals surface area contributed by atoms with Crippen molar-refractivity contribution in [3.05, 3.63) is 46.5 Å². The third-order valence-electron chi connectivity index (χ3n) is 9.38. The zero-order valence-corrected chi connectivity index (χ0v) is 25.2. The molecular formula is C29H27F3N6O5S2. The molecule has 3 N–H and O–H groups in total. The quantitative estimate of drug-likeness (QED) is 0.350. The van der Waals surface area contributed by atoms with Gasteiger partial charge in [-0.15, -0.1) is 11.3 Å². The highest BCUT2D eigenvalue weighted by atomic mass is 32.2. The van der Waals surface area contributed by atoms with Gasteiger partial charge in [0.1, 0.15) is 10.4 Å². The second-order valence-electron chi connectivity index (χ2n) is 12.6. The lowest BCUT2D eigenvalue weighted by Crippen LogP contribution is -2.48. The van der Waals surface area contributed by atoms with E-state index in [1.807, 2.05) is 18.2 Å². The van der Waals surface area contributed by atoms with Crippen molar-refractivity contribution in [3.63, 3.8) is 0 Å². The summed E-state index contributed by atoms with van der Waals surface area (Å²) in [5, 5.41) is 15.3. The molecule has 2 bridgehead atoms. The molecule has 5 aliphatic rings. The Labute approximate surface area is 259 Å². The van der Waals surface area contributed by atoms with Gasteiger partial charge in [-0.05, 0) is 67.9 Å². The fourth-order valence-electron chi connectivity index (χ4n) is 6.83. The van der Waals surface area contributed by atoms with Crippen LogP contribution in [0.5, 0.6) is 0 Å². The normalized spacial score (nSPS) is 24.4. The number of nitrogens with zero attached hydrogens (tertiary/aromatic N) is 4. The van der Waals surface area contributed by atoms with E-state index in [0.29, 0.717) is 49.2 Å². The van der Waals surface area contributed by atoms with Crippen LogP contribution in [0.3, 0.4) is 0 Å². The number of alkyl halides is 3. The SMILES string of the molecule is O=C1NC2(CC2)CS(=O)(=O)c2cc(-c3nc(Nc4ccc(N5C[C@H]6C[C@@H]5CN6C(=O)O)cc4C4CC4)ncc3C(F)(F)F)sc21. The highest BCUT2D eigenvalue weighted by Crippen LogP contribution is 2.48. The first kappa shape index (κ1) is 28.5. The number of hydrogen-bond donors (Lipinski definition) is 3. The fraction of sp³-hybridized carbons (Fsp3) is 0.448. The Hall–Kier alpha value is -3.92. The smallest absolute Gasteiger partial charge is 0.420 e. The molecule has 5 heterocycles. The average molecular weight is 661 g/mol. The minimum absolute atomic E-state index is 0.0585. The van der Waals surface area contributed by atoms with Gasteiger partial charge in [0.05, 0.1) is 32.8 Å². The van der Waals surface area contributed by atoms with Crippen LogP contribution in [0, 0.1) is 0 Å². The Bertz CT molecular complexity index is 1890. The number of nitrogens with one attached hydrogen (secondary N) is 2. The molecule has 1 aromatic carbocycles.